The van der Waals surface area contributed by atoms with E-state index in [1.165, 1.54) is 20.8 Å². The number of ketones is 1. The molecule has 2 rings (SSSR count). The quantitative estimate of drug-likeness (QED) is 0.843. The Kier molecular flexibility index (Phi) is 3.59. The molecule has 0 aliphatic carbocycles. The second-order valence-electron chi connectivity index (χ2n) is 5.35. The SMILES string of the molecule is CC(=O)c1ccc2cc(NC(=O)C(C)(C)O)ccc2c1. The molecule has 2 aromatic rings. The zero-order valence-electron chi connectivity index (χ0n) is 11.7. The van der Waals surface area contributed by atoms with E-state index in [9.17, 15) is 14.7 Å². The average molecular weight is 271 g/mol. The molecular formula is C16H17NO3. The molecule has 0 aliphatic heterocycles. The van der Waals surface area contributed by atoms with Crippen molar-refractivity contribution >= 4 is 28.2 Å². The number of carbonyl (C=O) groups excluding carboxylic acids is 2. The minimum Gasteiger partial charge on any atom is -0.381 e. The lowest BCUT2D eigenvalue weighted by atomic mass is 10.0. The van der Waals surface area contributed by atoms with E-state index in [1.807, 2.05) is 24.3 Å². The summed E-state index contributed by atoms with van der Waals surface area (Å²) in [6, 6.07) is 10.8. The van der Waals surface area contributed by atoms with Crippen LogP contribution in [0.1, 0.15) is 31.1 Å². The fourth-order valence-corrected chi connectivity index (χ4v) is 1.83. The lowest BCUT2D eigenvalue weighted by Crippen LogP contribution is -2.36. The molecule has 104 valence electrons. The van der Waals surface area contributed by atoms with Gasteiger partial charge in [-0.2, -0.15) is 0 Å². The van der Waals surface area contributed by atoms with Crippen LogP contribution >= 0.6 is 0 Å². The first-order valence-electron chi connectivity index (χ1n) is 6.36. The van der Waals surface area contributed by atoms with Gasteiger partial charge in [0.2, 0.25) is 0 Å². The third kappa shape index (κ3) is 3.03. The van der Waals surface area contributed by atoms with Crippen molar-refractivity contribution in [2.24, 2.45) is 0 Å². The van der Waals surface area contributed by atoms with Gasteiger partial charge in [0.1, 0.15) is 5.60 Å². The van der Waals surface area contributed by atoms with E-state index in [0.717, 1.165) is 10.8 Å². The molecule has 0 bridgehead atoms. The summed E-state index contributed by atoms with van der Waals surface area (Å²) in [5.41, 5.74) is -0.154. The number of rotatable bonds is 3. The molecule has 1 amide bonds. The Morgan fingerprint density at radius 3 is 2.25 bits per heavy atom. The van der Waals surface area contributed by atoms with Crippen LogP contribution in [0.2, 0.25) is 0 Å². The highest BCUT2D eigenvalue weighted by Gasteiger charge is 2.23. The molecule has 0 saturated carbocycles. The van der Waals surface area contributed by atoms with E-state index in [0.29, 0.717) is 11.3 Å². The van der Waals surface area contributed by atoms with Crippen molar-refractivity contribution in [2.45, 2.75) is 26.4 Å². The molecular weight excluding hydrogens is 254 g/mol. The molecule has 0 atom stereocenters. The van der Waals surface area contributed by atoms with E-state index >= 15 is 0 Å². The summed E-state index contributed by atoms with van der Waals surface area (Å²) >= 11 is 0. The third-order valence-electron chi connectivity index (χ3n) is 3.06. The van der Waals surface area contributed by atoms with E-state index < -0.39 is 11.5 Å². The van der Waals surface area contributed by atoms with Gasteiger partial charge < -0.3 is 10.4 Å². The molecule has 0 aromatic heterocycles. The molecule has 0 radical (unpaired) electrons. The Morgan fingerprint density at radius 2 is 1.65 bits per heavy atom. The molecule has 4 nitrogen and oxygen atoms in total. The van der Waals surface area contributed by atoms with Gasteiger partial charge in [-0.25, -0.2) is 0 Å². The van der Waals surface area contributed by atoms with Crippen LogP contribution in [0.3, 0.4) is 0 Å². The maximum Gasteiger partial charge on any atom is 0.255 e. The molecule has 2 N–H and O–H groups in total. The number of hydrogen-bond donors (Lipinski definition) is 2. The molecule has 0 heterocycles. The Hall–Kier alpha value is -2.20. The lowest BCUT2D eigenvalue weighted by Gasteiger charge is -2.16. The third-order valence-corrected chi connectivity index (χ3v) is 3.06. The Labute approximate surface area is 117 Å². The first kappa shape index (κ1) is 14.2. The predicted molar refractivity (Wildman–Crippen MR) is 78.9 cm³/mol. The normalized spacial score (nSPS) is 11.4. The van der Waals surface area contributed by atoms with Crippen molar-refractivity contribution in [3.05, 3.63) is 42.0 Å². The van der Waals surface area contributed by atoms with Crippen LogP contribution in [-0.2, 0) is 4.79 Å². The molecule has 0 spiro atoms. The van der Waals surface area contributed by atoms with Gasteiger partial charge in [0, 0.05) is 11.3 Å². The Bertz CT molecular complexity index is 684. The number of anilines is 1. The zero-order chi connectivity index (χ0) is 14.9. The summed E-state index contributed by atoms with van der Waals surface area (Å²) in [6.07, 6.45) is 0. The fraction of sp³-hybridized carbons (Fsp3) is 0.250. The smallest absolute Gasteiger partial charge is 0.255 e. The van der Waals surface area contributed by atoms with Crippen molar-refractivity contribution in [1.29, 1.82) is 0 Å². The summed E-state index contributed by atoms with van der Waals surface area (Å²) < 4.78 is 0. The van der Waals surface area contributed by atoms with Crippen LogP contribution in [0, 0.1) is 0 Å². The highest BCUT2D eigenvalue weighted by Crippen LogP contribution is 2.21. The second kappa shape index (κ2) is 5.06. The molecule has 2 aromatic carbocycles. The summed E-state index contributed by atoms with van der Waals surface area (Å²) in [5, 5.41) is 14.1. The van der Waals surface area contributed by atoms with Crippen molar-refractivity contribution in [3.8, 4) is 0 Å². The summed E-state index contributed by atoms with van der Waals surface area (Å²) in [4.78, 5) is 23.0. The van der Waals surface area contributed by atoms with Gasteiger partial charge in [0.15, 0.2) is 5.78 Å². The lowest BCUT2D eigenvalue weighted by molar-refractivity contribution is -0.130. The molecule has 0 saturated heterocycles. The molecule has 0 aliphatic rings. The van der Waals surface area contributed by atoms with Gasteiger partial charge in [-0.3, -0.25) is 9.59 Å². The van der Waals surface area contributed by atoms with Crippen LogP contribution in [0.5, 0.6) is 0 Å². The van der Waals surface area contributed by atoms with Crippen molar-refractivity contribution in [1.82, 2.24) is 0 Å². The Balaban J connectivity index is 2.33. The van der Waals surface area contributed by atoms with E-state index in [2.05, 4.69) is 5.32 Å². The van der Waals surface area contributed by atoms with Gasteiger partial charge in [-0.05, 0) is 49.7 Å². The van der Waals surface area contributed by atoms with Gasteiger partial charge in [0.25, 0.3) is 5.91 Å². The van der Waals surface area contributed by atoms with Crippen LogP contribution in [0.25, 0.3) is 10.8 Å². The summed E-state index contributed by atoms with van der Waals surface area (Å²) in [5.74, 6) is -0.441. The van der Waals surface area contributed by atoms with Crippen LogP contribution in [-0.4, -0.2) is 22.4 Å². The minimum atomic E-state index is -1.42. The van der Waals surface area contributed by atoms with E-state index in [-0.39, 0.29) is 5.78 Å². The fourth-order valence-electron chi connectivity index (χ4n) is 1.83. The van der Waals surface area contributed by atoms with Crippen molar-refractivity contribution in [2.75, 3.05) is 5.32 Å². The average Bonchev–Trinajstić information content (AvgIpc) is 2.36. The largest absolute Gasteiger partial charge is 0.381 e. The molecule has 20 heavy (non-hydrogen) atoms. The number of Topliss-reactive ketones (excluding diaryl/α,β-unsaturated/α-hetero) is 1. The maximum atomic E-state index is 11.7. The van der Waals surface area contributed by atoms with E-state index in [4.69, 9.17) is 0 Å². The maximum absolute atomic E-state index is 11.7. The predicted octanol–water partition coefficient (Wildman–Crippen LogP) is 2.75. The highest BCUT2D eigenvalue weighted by atomic mass is 16.3. The number of nitrogens with one attached hydrogen (secondary N) is 1. The van der Waals surface area contributed by atoms with Crippen molar-refractivity contribution < 1.29 is 14.7 Å². The number of hydrogen-bond acceptors (Lipinski definition) is 3. The number of fused-ring (bicyclic) bond motifs is 1. The monoisotopic (exact) mass is 271 g/mol. The van der Waals surface area contributed by atoms with Crippen LogP contribution < -0.4 is 5.32 Å². The number of aliphatic hydroxyl groups is 1. The van der Waals surface area contributed by atoms with E-state index in [1.54, 1.807) is 12.1 Å². The van der Waals surface area contributed by atoms with Crippen LogP contribution in [0.4, 0.5) is 5.69 Å². The summed E-state index contributed by atoms with van der Waals surface area (Å²) in [7, 11) is 0. The highest BCUT2D eigenvalue weighted by molar-refractivity contribution is 6.01. The van der Waals surface area contributed by atoms with Crippen molar-refractivity contribution in [3.63, 3.8) is 0 Å². The number of amides is 1. The van der Waals surface area contributed by atoms with Crippen LogP contribution in [0.15, 0.2) is 36.4 Å². The number of benzene rings is 2. The van der Waals surface area contributed by atoms with Gasteiger partial charge >= 0.3 is 0 Å². The second-order valence-corrected chi connectivity index (χ2v) is 5.35. The van der Waals surface area contributed by atoms with Gasteiger partial charge in [-0.1, -0.05) is 18.2 Å². The first-order valence-corrected chi connectivity index (χ1v) is 6.36. The Morgan fingerprint density at radius 1 is 1.05 bits per heavy atom. The zero-order valence-corrected chi connectivity index (χ0v) is 11.7. The standard InChI is InChI=1S/C16H17NO3/c1-10(18)11-4-5-13-9-14(7-6-12(13)8-11)17-15(19)16(2,3)20/h4-9,20H,1-3H3,(H,17,19). The molecule has 0 fully saturated rings. The summed E-state index contributed by atoms with van der Waals surface area (Å²) in [6.45, 7) is 4.39. The molecule has 4 heteroatoms. The van der Waals surface area contributed by atoms with Gasteiger partial charge in [0.05, 0.1) is 0 Å². The number of carbonyl (C=O) groups is 2. The minimum absolute atomic E-state index is 0.0197. The molecule has 0 unspecified atom stereocenters. The topological polar surface area (TPSA) is 66.4 Å². The van der Waals surface area contributed by atoms with Gasteiger partial charge in [-0.15, -0.1) is 0 Å². The first-order chi connectivity index (χ1) is 9.27.